The molecule has 2 aromatic carbocycles. The third-order valence-corrected chi connectivity index (χ3v) is 3.75. The zero-order valence-corrected chi connectivity index (χ0v) is 13.0. The average Bonchev–Trinajstić information content (AvgIpc) is 2.89. The summed E-state index contributed by atoms with van der Waals surface area (Å²) in [7, 11) is 0. The molecule has 0 atom stereocenters. The Balaban J connectivity index is 1.72. The first kappa shape index (κ1) is 15.2. The molecule has 1 aromatic heterocycles. The van der Waals surface area contributed by atoms with Crippen LogP contribution in [0.2, 0.25) is 0 Å². The quantitative estimate of drug-likeness (QED) is 0.803. The van der Waals surface area contributed by atoms with Crippen LogP contribution in [-0.2, 0) is 17.8 Å². The van der Waals surface area contributed by atoms with Gasteiger partial charge in [-0.3, -0.25) is 4.79 Å². The first-order valence-electron chi connectivity index (χ1n) is 7.40. The molecule has 0 bridgehead atoms. The van der Waals surface area contributed by atoms with Crippen molar-refractivity contribution >= 4 is 16.9 Å². The Morgan fingerprint density at radius 3 is 2.83 bits per heavy atom. The average molecular weight is 312 g/mol. The van der Waals surface area contributed by atoms with Crippen LogP contribution in [0.3, 0.4) is 0 Å². The summed E-state index contributed by atoms with van der Waals surface area (Å²) in [6, 6.07) is 10.3. The minimum atomic E-state index is -0.328. The van der Waals surface area contributed by atoms with Gasteiger partial charge in [-0.05, 0) is 37.1 Å². The number of fused-ring (bicyclic) bond motifs is 1. The molecule has 0 spiro atoms. The van der Waals surface area contributed by atoms with Crippen molar-refractivity contribution in [1.82, 2.24) is 10.5 Å². The third kappa shape index (κ3) is 3.23. The van der Waals surface area contributed by atoms with Gasteiger partial charge in [0.1, 0.15) is 11.5 Å². The summed E-state index contributed by atoms with van der Waals surface area (Å²) in [5.41, 5.74) is 3.85. The Kier molecular flexibility index (Phi) is 4.10. The second-order valence-corrected chi connectivity index (χ2v) is 5.63. The summed E-state index contributed by atoms with van der Waals surface area (Å²) < 4.78 is 18.8. The van der Waals surface area contributed by atoms with Gasteiger partial charge in [-0.2, -0.15) is 0 Å². The summed E-state index contributed by atoms with van der Waals surface area (Å²) >= 11 is 0. The largest absolute Gasteiger partial charge is 0.356 e. The highest BCUT2D eigenvalue weighted by molar-refractivity contribution is 5.88. The number of aromatic nitrogens is 1. The molecule has 1 heterocycles. The third-order valence-electron chi connectivity index (χ3n) is 3.75. The summed E-state index contributed by atoms with van der Waals surface area (Å²) in [6.45, 7) is 4.10. The summed E-state index contributed by atoms with van der Waals surface area (Å²) in [4.78, 5) is 12.1. The maximum atomic E-state index is 13.5. The second kappa shape index (κ2) is 6.20. The van der Waals surface area contributed by atoms with Crippen molar-refractivity contribution in [2.45, 2.75) is 26.8 Å². The van der Waals surface area contributed by atoms with E-state index in [4.69, 9.17) is 4.52 Å². The number of nitrogens with one attached hydrogen (secondary N) is 1. The lowest BCUT2D eigenvalue weighted by atomic mass is 10.0. The van der Waals surface area contributed by atoms with Gasteiger partial charge < -0.3 is 9.84 Å². The maximum Gasteiger partial charge on any atom is 0.226 e. The van der Waals surface area contributed by atoms with Gasteiger partial charge in [0.2, 0.25) is 5.91 Å². The van der Waals surface area contributed by atoms with Crippen molar-refractivity contribution < 1.29 is 13.7 Å². The second-order valence-electron chi connectivity index (χ2n) is 5.63. The van der Waals surface area contributed by atoms with Crippen molar-refractivity contribution in [3.8, 4) is 0 Å². The minimum Gasteiger partial charge on any atom is -0.356 e. The van der Waals surface area contributed by atoms with Crippen molar-refractivity contribution in [3.05, 3.63) is 64.6 Å². The number of aryl methyl sites for hydroxylation is 2. The molecule has 0 aliphatic carbocycles. The van der Waals surface area contributed by atoms with Gasteiger partial charge in [-0.25, -0.2) is 4.39 Å². The van der Waals surface area contributed by atoms with E-state index in [0.717, 1.165) is 16.5 Å². The molecule has 5 heteroatoms. The fraction of sp³-hybridized carbons (Fsp3) is 0.222. The fourth-order valence-electron chi connectivity index (χ4n) is 2.69. The summed E-state index contributed by atoms with van der Waals surface area (Å²) in [6.07, 6.45) is 0.103. The normalized spacial score (nSPS) is 10.9. The zero-order chi connectivity index (χ0) is 16.4. The summed E-state index contributed by atoms with van der Waals surface area (Å²) in [5, 5.41) is 7.58. The number of carbonyl (C=O) groups is 1. The highest BCUT2D eigenvalue weighted by Crippen LogP contribution is 2.24. The van der Waals surface area contributed by atoms with E-state index < -0.39 is 0 Å². The van der Waals surface area contributed by atoms with Crippen LogP contribution in [0, 0.1) is 19.7 Å². The Labute approximate surface area is 133 Å². The van der Waals surface area contributed by atoms with E-state index in [1.165, 1.54) is 6.07 Å². The van der Waals surface area contributed by atoms with Gasteiger partial charge in [-0.15, -0.1) is 0 Å². The fourth-order valence-corrected chi connectivity index (χ4v) is 2.69. The lowest BCUT2D eigenvalue weighted by Crippen LogP contribution is -2.25. The van der Waals surface area contributed by atoms with Crippen LogP contribution in [-0.4, -0.2) is 11.1 Å². The number of amides is 1. The smallest absolute Gasteiger partial charge is 0.226 e. The van der Waals surface area contributed by atoms with E-state index in [9.17, 15) is 9.18 Å². The molecule has 0 aliphatic heterocycles. The number of halogens is 1. The van der Waals surface area contributed by atoms with E-state index in [1.807, 2.05) is 26.0 Å². The molecule has 1 amide bonds. The molecule has 0 saturated heterocycles. The number of carbonyl (C=O) groups excluding carboxylic acids is 1. The standard InChI is InChI=1S/C18H17FN2O2/c1-11-7-12(2)18-15(21-23-16(18)8-11)9-17(22)20-10-13-5-3-4-6-14(13)19/h3-8H,9-10H2,1-2H3,(H,20,22). The molecule has 118 valence electrons. The molecule has 4 nitrogen and oxygen atoms in total. The van der Waals surface area contributed by atoms with Crippen LogP contribution in [0.4, 0.5) is 4.39 Å². The van der Waals surface area contributed by atoms with Gasteiger partial charge in [0, 0.05) is 17.5 Å². The number of hydrogen-bond donors (Lipinski definition) is 1. The van der Waals surface area contributed by atoms with Gasteiger partial charge in [0.15, 0.2) is 5.58 Å². The van der Waals surface area contributed by atoms with Crippen LogP contribution >= 0.6 is 0 Å². The van der Waals surface area contributed by atoms with Crippen molar-refractivity contribution in [2.24, 2.45) is 0 Å². The van der Waals surface area contributed by atoms with Crippen molar-refractivity contribution in [1.29, 1.82) is 0 Å². The predicted octanol–water partition coefficient (Wildman–Crippen LogP) is 3.44. The molecule has 3 aromatic rings. The molecule has 1 N–H and O–H groups in total. The SMILES string of the molecule is Cc1cc(C)c2c(CC(=O)NCc3ccccc3F)noc2c1. The Morgan fingerprint density at radius 1 is 1.26 bits per heavy atom. The zero-order valence-electron chi connectivity index (χ0n) is 13.0. The van der Waals surface area contributed by atoms with Crippen LogP contribution in [0.25, 0.3) is 11.0 Å². The minimum absolute atomic E-state index is 0.103. The first-order chi connectivity index (χ1) is 11.0. The van der Waals surface area contributed by atoms with E-state index >= 15 is 0 Å². The van der Waals surface area contributed by atoms with Crippen LogP contribution < -0.4 is 5.32 Å². The molecule has 0 aliphatic rings. The van der Waals surface area contributed by atoms with Crippen LogP contribution in [0.5, 0.6) is 0 Å². The van der Waals surface area contributed by atoms with Gasteiger partial charge in [0.25, 0.3) is 0 Å². The number of nitrogens with zero attached hydrogens (tertiary/aromatic N) is 1. The van der Waals surface area contributed by atoms with Crippen LogP contribution in [0.15, 0.2) is 40.9 Å². The lowest BCUT2D eigenvalue weighted by Gasteiger charge is -2.05. The van der Waals surface area contributed by atoms with Crippen molar-refractivity contribution in [2.75, 3.05) is 0 Å². The molecule has 23 heavy (non-hydrogen) atoms. The molecule has 3 rings (SSSR count). The topological polar surface area (TPSA) is 55.1 Å². The maximum absolute atomic E-state index is 13.5. The van der Waals surface area contributed by atoms with Gasteiger partial charge in [-0.1, -0.05) is 29.4 Å². The monoisotopic (exact) mass is 312 g/mol. The molecule has 0 unspecified atom stereocenters. The predicted molar refractivity (Wildman–Crippen MR) is 85.4 cm³/mol. The lowest BCUT2D eigenvalue weighted by molar-refractivity contribution is -0.120. The van der Waals surface area contributed by atoms with E-state index in [2.05, 4.69) is 10.5 Å². The van der Waals surface area contributed by atoms with E-state index in [-0.39, 0.29) is 24.7 Å². The number of hydrogen-bond acceptors (Lipinski definition) is 3. The number of rotatable bonds is 4. The van der Waals surface area contributed by atoms with E-state index in [0.29, 0.717) is 16.8 Å². The molecular weight excluding hydrogens is 295 g/mol. The molecule has 0 saturated carbocycles. The van der Waals surface area contributed by atoms with Gasteiger partial charge in [0.05, 0.1) is 6.42 Å². The Hall–Kier alpha value is -2.69. The first-order valence-corrected chi connectivity index (χ1v) is 7.40. The van der Waals surface area contributed by atoms with Crippen LogP contribution in [0.1, 0.15) is 22.4 Å². The molecule has 0 radical (unpaired) electrons. The van der Waals surface area contributed by atoms with Gasteiger partial charge >= 0.3 is 0 Å². The van der Waals surface area contributed by atoms with Crippen molar-refractivity contribution in [3.63, 3.8) is 0 Å². The highest BCUT2D eigenvalue weighted by Gasteiger charge is 2.15. The molecular formula is C18H17FN2O2. The summed E-state index contributed by atoms with van der Waals surface area (Å²) in [5.74, 6) is -0.547. The number of benzene rings is 2. The Bertz CT molecular complexity index is 871. The van der Waals surface area contributed by atoms with E-state index in [1.54, 1.807) is 18.2 Å². The highest BCUT2D eigenvalue weighted by atomic mass is 19.1. The molecule has 0 fully saturated rings. The Morgan fingerprint density at radius 2 is 2.04 bits per heavy atom.